The van der Waals surface area contributed by atoms with Crippen LogP contribution >= 0.6 is 23.1 Å². The number of hydrogen-bond acceptors (Lipinski definition) is 4. The van der Waals surface area contributed by atoms with Gasteiger partial charge < -0.3 is 10.4 Å². The van der Waals surface area contributed by atoms with Gasteiger partial charge in [0.15, 0.2) is 0 Å². The van der Waals surface area contributed by atoms with E-state index in [1.165, 1.54) is 4.21 Å². The zero-order valence-corrected chi connectivity index (χ0v) is 11.8. The maximum atomic E-state index is 9.42. The van der Waals surface area contributed by atoms with E-state index < -0.39 is 0 Å². The van der Waals surface area contributed by atoms with Crippen molar-refractivity contribution >= 4 is 23.1 Å². The summed E-state index contributed by atoms with van der Waals surface area (Å²) in [7, 11) is 0. The second-order valence-corrected chi connectivity index (χ2v) is 6.89. The smallest absolute Gasteiger partial charge is 0.0610 e. The molecule has 0 aliphatic heterocycles. The maximum absolute atomic E-state index is 9.42. The van der Waals surface area contributed by atoms with Crippen molar-refractivity contribution < 1.29 is 5.11 Å². The average molecular weight is 259 g/mol. The lowest BCUT2D eigenvalue weighted by Gasteiger charge is -2.31. The molecule has 2 nitrogen and oxygen atoms in total. The van der Waals surface area contributed by atoms with Gasteiger partial charge in [-0.25, -0.2) is 0 Å². The molecule has 16 heavy (non-hydrogen) atoms. The lowest BCUT2D eigenvalue weighted by atomic mass is 9.99. The Morgan fingerprint density at radius 2 is 2.31 bits per heavy atom. The van der Waals surface area contributed by atoms with Crippen molar-refractivity contribution in [2.24, 2.45) is 0 Å². The molecule has 0 radical (unpaired) electrons. The second-order valence-electron chi connectivity index (χ2n) is 4.55. The zero-order chi connectivity index (χ0) is 12.0. The first kappa shape index (κ1) is 14.0. The summed E-state index contributed by atoms with van der Waals surface area (Å²) in [5.41, 5.74) is -0.154. The predicted molar refractivity (Wildman–Crippen MR) is 73.4 cm³/mol. The van der Waals surface area contributed by atoms with Gasteiger partial charge in [-0.05, 0) is 24.8 Å². The summed E-state index contributed by atoms with van der Waals surface area (Å²) in [5, 5.41) is 14.9. The van der Waals surface area contributed by atoms with Crippen LogP contribution in [0.3, 0.4) is 0 Å². The molecule has 2 N–H and O–H groups in total. The normalized spacial score (nSPS) is 15.3. The van der Waals surface area contributed by atoms with Crippen LogP contribution in [0.4, 0.5) is 0 Å². The van der Waals surface area contributed by atoms with Crippen molar-refractivity contribution in [1.82, 2.24) is 5.32 Å². The minimum Gasteiger partial charge on any atom is -0.394 e. The first-order valence-corrected chi connectivity index (χ1v) is 7.47. The van der Waals surface area contributed by atoms with Crippen LogP contribution in [-0.2, 0) is 0 Å². The minimum atomic E-state index is -0.154. The van der Waals surface area contributed by atoms with E-state index in [-0.39, 0.29) is 12.1 Å². The fourth-order valence-corrected chi connectivity index (χ4v) is 3.68. The molecular weight excluding hydrogens is 238 g/mol. The van der Waals surface area contributed by atoms with Gasteiger partial charge in [-0.1, -0.05) is 19.9 Å². The van der Waals surface area contributed by atoms with Crippen molar-refractivity contribution in [3.63, 3.8) is 0 Å². The fourth-order valence-electron chi connectivity index (χ4n) is 1.62. The van der Waals surface area contributed by atoms with Crippen molar-refractivity contribution in [3.8, 4) is 0 Å². The monoisotopic (exact) mass is 259 g/mol. The third-order valence-electron chi connectivity index (χ3n) is 2.38. The number of aliphatic hydroxyl groups excluding tert-OH is 1. The van der Waals surface area contributed by atoms with Crippen LogP contribution in [0.2, 0.25) is 0 Å². The first-order chi connectivity index (χ1) is 7.56. The van der Waals surface area contributed by atoms with Crippen molar-refractivity contribution in [1.29, 1.82) is 0 Å². The Hall–Kier alpha value is -0.0300. The molecule has 0 spiro atoms. The topological polar surface area (TPSA) is 32.3 Å². The molecule has 0 saturated carbocycles. The Morgan fingerprint density at radius 1 is 1.56 bits per heavy atom. The summed E-state index contributed by atoms with van der Waals surface area (Å²) in [5.74, 6) is 1.04. The van der Waals surface area contributed by atoms with Gasteiger partial charge >= 0.3 is 0 Å². The molecule has 1 rings (SSSR count). The molecule has 0 aliphatic carbocycles. The van der Waals surface area contributed by atoms with Crippen molar-refractivity contribution in [2.75, 3.05) is 12.4 Å². The van der Waals surface area contributed by atoms with Gasteiger partial charge in [-0.15, -0.1) is 23.1 Å². The summed E-state index contributed by atoms with van der Waals surface area (Å²) in [6.07, 6.45) is 0.976. The molecule has 92 valence electrons. The van der Waals surface area contributed by atoms with Crippen molar-refractivity contribution in [2.45, 2.75) is 43.0 Å². The Labute approximate surface area is 106 Å². The fraction of sp³-hybridized carbons (Fsp3) is 0.667. The maximum Gasteiger partial charge on any atom is 0.0610 e. The first-order valence-electron chi connectivity index (χ1n) is 5.60. The summed E-state index contributed by atoms with van der Waals surface area (Å²) in [6.45, 7) is 6.50. The van der Waals surface area contributed by atoms with Crippen LogP contribution in [0.5, 0.6) is 0 Å². The molecule has 0 bridgehead atoms. The van der Waals surface area contributed by atoms with Gasteiger partial charge in [-0.3, -0.25) is 0 Å². The quantitative estimate of drug-likeness (QED) is 0.738. The highest BCUT2D eigenvalue weighted by Gasteiger charge is 2.23. The van der Waals surface area contributed by atoms with E-state index in [1.807, 2.05) is 11.8 Å². The molecule has 4 heteroatoms. The van der Waals surface area contributed by atoms with Gasteiger partial charge in [-0.2, -0.15) is 0 Å². The van der Waals surface area contributed by atoms with Gasteiger partial charge in [0.25, 0.3) is 0 Å². The van der Waals surface area contributed by atoms with E-state index in [1.54, 1.807) is 11.3 Å². The summed E-state index contributed by atoms with van der Waals surface area (Å²) in [6, 6.07) is 4.62. The Balaban J connectivity index is 2.33. The van der Waals surface area contributed by atoms with Gasteiger partial charge in [0.1, 0.15) is 0 Å². The van der Waals surface area contributed by atoms with Crippen LogP contribution in [0.1, 0.15) is 27.2 Å². The van der Waals surface area contributed by atoms with E-state index in [9.17, 15) is 5.11 Å². The number of thiophene rings is 1. The van der Waals surface area contributed by atoms with Crippen LogP contribution in [0.15, 0.2) is 21.7 Å². The average Bonchev–Trinajstić information content (AvgIpc) is 2.69. The molecule has 1 heterocycles. The highest BCUT2D eigenvalue weighted by atomic mass is 32.2. The van der Waals surface area contributed by atoms with Crippen LogP contribution in [0.25, 0.3) is 0 Å². The summed E-state index contributed by atoms with van der Waals surface area (Å²) >= 11 is 3.64. The van der Waals surface area contributed by atoms with E-state index in [0.29, 0.717) is 6.04 Å². The number of aliphatic hydroxyl groups is 1. The van der Waals surface area contributed by atoms with Crippen molar-refractivity contribution in [3.05, 3.63) is 17.5 Å². The van der Waals surface area contributed by atoms with E-state index >= 15 is 0 Å². The Kier molecular flexibility index (Phi) is 5.83. The minimum absolute atomic E-state index is 0.154. The van der Waals surface area contributed by atoms with E-state index in [2.05, 4.69) is 43.6 Å². The highest BCUT2D eigenvalue weighted by Crippen LogP contribution is 2.26. The molecule has 0 aliphatic rings. The van der Waals surface area contributed by atoms with Crippen LogP contribution in [-0.4, -0.2) is 29.0 Å². The number of nitrogens with one attached hydrogen (secondary N) is 1. The van der Waals surface area contributed by atoms with Crippen LogP contribution < -0.4 is 5.32 Å². The molecular formula is C12H21NOS2. The lowest BCUT2D eigenvalue weighted by molar-refractivity contribution is 0.162. The summed E-state index contributed by atoms with van der Waals surface area (Å²) < 4.78 is 1.35. The summed E-state index contributed by atoms with van der Waals surface area (Å²) in [4.78, 5) is 0. The molecule has 1 aromatic rings. The lowest BCUT2D eigenvalue weighted by Crippen LogP contribution is -2.49. The standard InChI is InChI=1S/C12H21NOS2/c1-10(2)13-12(3,9-14)6-8-16-11-5-4-7-15-11/h4-5,7,10,13-14H,6,8-9H2,1-3H3. The SMILES string of the molecule is CC(C)NC(C)(CO)CCSc1cccs1. The highest BCUT2D eigenvalue weighted by molar-refractivity contribution is 8.01. The van der Waals surface area contributed by atoms with Crippen LogP contribution in [0, 0.1) is 0 Å². The number of rotatable bonds is 7. The zero-order valence-electron chi connectivity index (χ0n) is 10.2. The molecule has 0 amide bonds. The largest absolute Gasteiger partial charge is 0.394 e. The molecule has 0 aromatic carbocycles. The molecule has 1 aromatic heterocycles. The van der Waals surface area contributed by atoms with E-state index in [4.69, 9.17) is 0 Å². The third kappa shape index (κ3) is 4.87. The predicted octanol–water partition coefficient (Wildman–Crippen LogP) is 2.98. The van der Waals surface area contributed by atoms with Gasteiger partial charge in [0.2, 0.25) is 0 Å². The Morgan fingerprint density at radius 3 is 2.81 bits per heavy atom. The Bertz CT molecular complexity index is 287. The molecule has 0 fully saturated rings. The van der Waals surface area contributed by atoms with E-state index in [0.717, 1.165) is 12.2 Å². The molecule has 1 unspecified atom stereocenters. The second kappa shape index (κ2) is 6.64. The molecule has 1 atom stereocenters. The third-order valence-corrected chi connectivity index (χ3v) is 4.51. The molecule has 0 saturated heterocycles. The van der Waals surface area contributed by atoms with Gasteiger partial charge in [0.05, 0.1) is 10.8 Å². The van der Waals surface area contributed by atoms with Gasteiger partial charge in [0, 0.05) is 17.3 Å². The number of hydrogen-bond donors (Lipinski definition) is 2. The number of thioether (sulfide) groups is 1.